The molecule has 0 atom stereocenters. The number of hydrogen-bond donors (Lipinski definition) is 0. The quantitative estimate of drug-likeness (QED) is 0.164. The molecule has 0 spiro atoms. The molecule has 8 aromatic carbocycles. The molecule has 0 N–H and O–H groups in total. The molecule has 13 rings (SSSR count). The number of aryl methyl sites for hydroxylation is 2. The van der Waals surface area contributed by atoms with Gasteiger partial charge in [0.15, 0.2) is 0 Å². The van der Waals surface area contributed by atoms with Gasteiger partial charge in [0.05, 0.1) is 16.8 Å². The topological polar surface area (TPSA) is 19.6 Å². The molecule has 3 heterocycles. The van der Waals surface area contributed by atoms with Crippen LogP contribution >= 0.6 is 0 Å². The van der Waals surface area contributed by atoms with Crippen molar-refractivity contribution < 1.29 is 4.42 Å². The molecule has 370 valence electrons. The highest BCUT2D eigenvalue weighted by atomic mass is 16.3. The van der Waals surface area contributed by atoms with Crippen LogP contribution in [0.1, 0.15) is 141 Å². The largest absolute Gasteiger partial charge is 0.456 e. The maximum atomic E-state index is 6.83. The monoisotopic (exact) mass is 967 g/mol. The Morgan fingerprint density at radius 3 is 1.80 bits per heavy atom. The Labute approximate surface area is 440 Å². The summed E-state index contributed by atoms with van der Waals surface area (Å²) in [5.74, 6) is 0. The van der Waals surface area contributed by atoms with Crippen molar-refractivity contribution in [1.82, 2.24) is 0 Å². The predicted octanol–water partition coefficient (Wildman–Crippen LogP) is 17.6. The van der Waals surface area contributed by atoms with Crippen molar-refractivity contribution in [3.8, 4) is 22.3 Å². The molecular weight excluding hydrogens is 896 g/mol. The number of benzene rings is 8. The van der Waals surface area contributed by atoms with Crippen LogP contribution < -0.4 is 26.2 Å². The number of furan rings is 1. The van der Waals surface area contributed by atoms with Crippen molar-refractivity contribution in [3.05, 3.63) is 185 Å². The third-order valence-electron chi connectivity index (χ3n) is 18.5. The molecule has 0 bridgehead atoms. The molecule has 1 aromatic heterocycles. The van der Waals surface area contributed by atoms with E-state index in [0.717, 1.165) is 34.0 Å². The fourth-order valence-corrected chi connectivity index (χ4v) is 13.9. The summed E-state index contributed by atoms with van der Waals surface area (Å²) in [6, 6.07) is 56.6. The van der Waals surface area contributed by atoms with Gasteiger partial charge in [0.2, 0.25) is 0 Å². The zero-order valence-electron chi connectivity index (χ0n) is 46.1. The van der Waals surface area contributed by atoms with Gasteiger partial charge in [-0.2, -0.15) is 0 Å². The molecule has 0 saturated carbocycles. The predicted molar refractivity (Wildman–Crippen MR) is 317 cm³/mol. The fourth-order valence-electron chi connectivity index (χ4n) is 13.9. The van der Waals surface area contributed by atoms with Gasteiger partial charge in [-0.05, 0) is 193 Å². The Morgan fingerprint density at radius 2 is 1.09 bits per heavy atom. The molecule has 4 aliphatic rings. The number of fused-ring (bicyclic) bond motifs is 10. The van der Waals surface area contributed by atoms with E-state index in [2.05, 4.69) is 245 Å². The fraction of sp³-hybridized carbons (Fsp3) is 0.314. The molecular formula is C70H71BN2O. The van der Waals surface area contributed by atoms with Crippen LogP contribution in [0.25, 0.3) is 44.2 Å². The molecule has 3 nitrogen and oxygen atoms in total. The lowest BCUT2D eigenvalue weighted by atomic mass is 9.33. The summed E-state index contributed by atoms with van der Waals surface area (Å²) in [5.41, 5.74) is 28.2. The first kappa shape index (κ1) is 47.0. The molecule has 0 radical (unpaired) electrons. The van der Waals surface area contributed by atoms with Crippen LogP contribution in [0.15, 0.2) is 150 Å². The van der Waals surface area contributed by atoms with E-state index in [1.807, 2.05) is 0 Å². The van der Waals surface area contributed by atoms with E-state index in [1.165, 1.54) is 125 Å². The zero-order chi connectivity index (χ0) is 51.6. The Kier molecular flexibility index (Phi) is 10.1. The molecule has 2 aliphatic carbocycles. The average molecular weight is 967 g/mol. The van der Waals surface area contributed by atoms with Crippen LogP contribution in [0.2, 0.25) is 0 Å². The van der Waals surface area contributed by atoms with Gasteiger partial charge in [0.1, 0.15) is 11.2 Å². The molecule has 0 amide bonds. The molecule has 9 aromatic rings. The minimum atomic E-state index is -0.0587. The van der Waals surface area contributed by atoms with Gasteiger partial charge in [0.25, 0.3) is 6.71 Å². The number of para-hydroxylation sites is 1. The highest BCUT2D eigenvalue weighted by Gasteiger charge is 2.46. The van der Waals surface area contributed by atoms with Crippen molar-refractivity contribution in [2.45, 2.75) is 143 Å². The van der Waals surface area contributed by atoms with E-state index in [9.17, 15) is 0 Å². The van der Waals surface area contributed by atoms with Crippen LogP contribution in [0, 0.1) is 13.8 Å². The van der Waals surface area contributed by atoms with Crippen LogP contribution in [0.5, 0.6) is 0 Å². The number of nitrogens with zero attached hydrogens (tertiary/aromatic N) is 2. The van der Waals surface area contributed by atoms with Crippen LogP contribution in [0.3, 0.4) is 0 Å². The lowest BCUT2D eigenvalue weighted by Gasteiger charge is -2.46. The van der Waals surface area contributed by atoms with Crippen molar-refractivity contribution >= 4 is 79.2 Å². The number of rotatable bonds is 4. The molecule has 0 fully saturated rings. The lowest BCUT2D eigenvalue weighted by molar-refractivity contribution is 0.332. The number of hydrogen-bond acceptors (Lipinski definition) is 3. The minimum Gasteiger partial charge on any atom is -0.456 e. The van der Waals surface area contributed by atoms with Gasteiger partial charge in [0, 0.05) is 33.7 Å². The second-order valence-corrected chi connectivity index (χ2v) is 26.4. The van der Waals surface area contributed by atoms with Gasteiger partial charge >= 0.3 is 0 Å². The van der Waals surface area contributed by atoms with Crippen molar-refractivity contribution in [2.24, 2.45) is 0 Å². The highest BCUT2D eigenvalue weighted by molar-refractivity contribution is 7.00. The zero-order valence-corrected chi connectivity index (χ0v) is 46.1. The van der Waals surface area contributed by atoms with E-state index in [-0.39, 0.29) is 33.8 Å². The molecule has 2 aliphatic heterocycles. The SMILES string of the molecule is Cc1cc2c3c(c1)N(c1ccc(C(C)(C)C)cc1-c1ccccc1)c1c(ccc4oc5ccccc5c14)B3c1ccc(-c3cc4c(cc3C)C(C)(C)CCC4(C)C)cc1N2c1ccc2c(c1)C(C)(C)CCC2(C)C. The molecule has 4 heteroatoms. The lowest BCUT2D eigenvalue weighted by Crippen LogP contribution is -2.61. The van der Waals surface area contributed by atoms with E-state index in [4.69, 9.17) is 4.42 Å². The summed E-state index contributed by atoms with van der Waals surface area (Å²) >= 11 is 0. The summed E-state index contributed by atoms with van der Waals surface area (Å²) in [6.07, 6.45) is 4.72. The normalized spacial score (nSPS) is 17.7. The summed E-state index contributed by atoms with van der Waals surface area (Å²) in [7, 11) is 0. The second kappa shape index (κ2) is 15.9. The number of anilines is 6. The summed E-state index contributed by atoms with van der Waals surface area (Å²) in [5, 5.41) is 2.29. The summed E-state index contributed by atoms with van der Waals surface area (Å²) in [4.78, 5) is 5.29. The van der Waals surface area contributed by atoms with Gasteiger partial charge in [-0.25, -0.2) is 0 Å². The van der Waals surface area contributed by atoms with Gasteiger partial charge in [-0.1, -0.05) is 167 Å². The van der Waals surface area contributed by atoms with Crippen molar-refractivity contribution in [1.29, 1.82) is 0 Å². The van der Waals surface area contributed by atoms with E-state index in [0.29, 0.717) is 0 Å². The maximum Gasteiger partial charge on any atom is 0.252 e. The average Bonchev–Trinajstić information content (AvgIpc) is 3.79. The van der Waals surface area contributed by atoms with E-state index >= 15 is 0 Å². The van der Waals surface area contributed by atoms with E-state index in [1.54, 1.807) is 0 Å². The standard InChI is InChI=1S/C70H71BN2O/c1-42-35-59-64-60(36-42)73(57-29-24-46(66(3,4)5)39-50(57)44-19-15-14-16-20-44)65-56(28-30-62-63(65)48-21-17-18-22-61(48)74-62)71(64)55-27-23-45(49-41-54-52(37-43(49)2)68(8,9)33-34-70(54,12)13)38-58(55)72(59)47-25-26-51-53(40-47)69(10,11)32-31-67(51,6)7/h14-30,35-41H,31-34H2,1-13H3. The first-order valence-corrected chi connectivity index (χ1v) is 27.5. The molecule has 74 heavy (non-hydrogen) atoms. The van der Waals surface area contributed by atoms with Crippen LogP contribution in [0.4, 0.5) is 34.1 Å². The summed E-state index contributed by atoms with van der Waals surface area (Å²) < 4.78 is 6.83. The second-order valence-electron chi connectivity index (χ2n) is 26.4. The Balaban J connectivity index is 1.14. The minimum absolute atomic E-state index is 0.0399. The first-order chi connectivity index (χ1) is 35.1. The van der Waals surface area contributed by atoms with Crippen LogP contribution in [-0.2, 0) is 27.1 Å². The summed E-state index contributed by atoms with van der Waals surface area (Å²) in [6.45, 7) is 31.2. The molecule has 0 unspecified atom stereocenters. The van der Waals surface area contributed by atoms with Gasteiger partial charge in [-0.3, -0.25) is 0 Å². The Bertz CT molecular complexity index is 3820. The Hall–Kier alpha value is -6.78. The smallest absolute Gasteiger partial charge is 0.252 e. The highest BCUT2D eigenvalue weighted by Crippen LogP contribution is 2.54. The first-order valence-electron chi connectivity index (χ1n) is 27.5. The van der Waals surface area contributed by atoms with Crippen molar-refractivity contribution in [3.63, 3.8) is 0 Å². The molecule has 0 saturated heterocycles. The van der Waals surface area contributed by atoms with Crippen LogP contribution in [-0.4, -0.2) is 6.71 Å². The van der Waals surface area contributed by atoms with E-state index < -0.39 is 0 Å². The van der Waals surface area contributed by atoms with Gasteiger partial charge < -0.3 is 14.2 Å². The Morgan fingerprint density at radius 1 is 0.473 bits per heavy atom. The third kappa shape index (κ3) is 6.99. The third-order valence-corrected chi connectivity index (χ3v) is 18.5. The maximum absolute atomic E-state index is 6.83. The van der Waals surface area contributed by atoms with Gasteiger partial charge in [-0.15, -0.1) is 0 Å². The van der Waals surface area contributed by atoms with Crippen molar-refractivity contribution in [2.75, 3.05) is 9.80 Å².